The van der Waals surface area contributed by atoms with Crippen molar-refractivity contribution in [2.75, 3.05) is 26.3 Å². The molecule has 0 rings (SSSR count). The van der Waals surface area contributed by atoms with Gasteiger partial charge < -0.3 is 15.8 Å². The zero-order valence-electron chi connectivity index (χ0n) is 9.92. The van der Waals surface area contributed by atoms with Crippen molar-refractivity contribution in [3.8, 4) is 0 Å². The van der Waals surface area contributed by atoms with Crippen LogP contribution in [0.25, 0.3) is 0 Å². The van der Waals surface area contributed by atoms with E-state index in [2.05, 4.69) is 12.2 Å². The Kier molecular flexibility index (Phi) is 9.52. The van der Waals surface area contributed by atoms with Gasteiger partial charge in [-0.25, -0.2) is 0 Å². The molecule has 0 radical (unpaired) electrons. The number of carbonyl (C=O) groups is 1. The molecular weight excluding hydrogens is 192 g/mol. The number of ether oxygens (including phenoxy) is 1. The summed E-state index contributed by atoms with van der Waals surface area (Å²) in [6.07, 6.45) is 2.38. The lowest BCUT2D eigenvalue weighted by Gasteiger charge is -2.11. The molecule has 1 amide bonds. The maximum Gasteiger partial charge on any atom is 0.220 e. The topological polar surface area (TPSA) is 64.3 Å². The van der Waals surface area contributed by atoms with E-state index < -0.39 is 0 Å². The van der Waals surface area contributed by atoms with Crippen LogP contribution < -0.4 is 11.1 Å². The van der Waals surface area contributed by atoms with Gasteiger partial charge in [-0.3, -0.25) is 4.79 Å². The molecule has 0 saturated heterocycles. The minimum Gasteiger partial charge on any atom is -0.382 e. The fraction of sp³-hybridized carbons (Fsp3) is 0.909. The van der Waals surface area contributed by atoms with Crippen molar-refractivity contribution >= 4 is 5.91 Å². The largest absolute Gasteiger partial charge is 0.382 e. The summed E-state index contributed by atoms with van der Waals surface area (Å²) in [6.45, 7) is 6.75. The van der Waals surface area contributed by atoms with Crippen LogP contribution in [0.2, 0.25) is 0 Å². The van der Waals surface area contributed by atoms with E-state index in [-0.39, 0.29) is 5.91 Å². The Morgan fingerprint density at radius 1 is 1.47 bits per heavy atom. The summed E-state index contributed by atoms with van der Waals surface area (Å²) in [6, 6.07) is 0. The molecule has 0 aliphatic heterocycles. The first-order chi connectivity index (χ1) is 7.24. The molecule has 0 fully saturated rings. The van der Waals surface area contributed by atoms with Crippen LogP contribution in [0.4, 0.5) is 0 Å². The first-order valence-corrected chi connectivity index (χ1v) is 5.79. The number of hydrogen-bond donors (Lipinski definition) is 2. The maximum atomic E-state index is 11.4. The SMILES string of the molecule is CCOCCCNC(=O)CC(CC)CN. The van der Waals surface area contributed by atoms with Crippen LogP contribution in [-0.4, -0.2) is 32.2 Å². The highest BCUT2D eigenvalue weighted by molar-refractivity contribution is 5.76. The van der Waals surface area contributed by atoms with Gasteiger partial charge in [0, 0.05) is 26.2 Å². The van der Waals surface area contributed by atoms with E-state index in [1.807, 2.05) is 6.92 Å². The molecule has 0 aromatic rings. The highest BCUT2D eigenvalue weighted by Crippen LogP contribution is 2.04. The summed E-state index contributed by atoms with van der Waals surface area (Å²) in [5.74, 6) is 0.417. The lowest BCUT2D eigenvalue weighted by atomic mass is 10.0. The van der Waals surface area contributed by atoms with Gasteiger partial charge in [0.05, 0.1) is 0 Å². The average Bonchev–Trinajstić information content (AvgIpc) is 2.25. The minimum absolute atomic E-state index is 0.101. The van der Waals surface area contributed by atoms with Crippen LogP contribution in [0.5, 0.6) is 0 Å². The predicted molar refractivity (Wildman–Crippen MR) is 61.6 cm³/mol. The third-order valence-corrected chi connectivity index (χ3v) is 2.38. The molecule has 4 nitrogen and oxygen atoms in total. The van der Waals surface area contributed by atoms with E-state index in [4.69, 9.17) is 10.5 Å². The molecule has 0 aliphatic carbocycles. The quantitative estimate of drug-likeness (QED) is 0.563. The molecule has 15 heavy (non-hydrogen) atoms. The van der Waals surface area contributed by atoms with Crippen LogP contribution in [0.1, 0.15) is 33.1 Å². The van der Waals surface area contributed by atoms with Crippen molar-refractivity contribution in [2.45, 2.75) is 33.1 Å². The Hall–Kier alpha value is -0.610. The lowest BCUT2D eigenvalue weighted by Crippen LogP contribution is -2.29. The molecule has 90 valence electrons. The Balaban J connectivity index is 3.40. The number of amides is 1. The Labute approximate surface area is 92.6 Å². The van der Waals surface area contributed by atoms with Crippen molar-refractivity contribution in [2.24, 2.45) is 11.7 Å². The second-order valence-corrected chi connectivity index (χ2v) is 3.61. The number of nitrogens with two attached hydrogens (primary N) is 1. The molecule has 0 spiro atoms. The van der Waals surface area contributed by atoms with Gasteiger partial charge in [0.2, 0.25) is 5.91 Å². The summed E-state index contributed by atoms with van der Waals surface area (Å²) in [5, 5.41) is 2.87. The number of hydrogen-bond acceptors (Lipinski definition) is 3. The molecule has 0 aromatic carbocycles. The van der Waals surface area contributed by atoms with Crippen LogP contribution in [0.15, 0.2) is 0 Å². The van der Waals surface area contributed by atoms with Gasteiger partial charge in [-0.15, -0.1) is 0 Å². The summed E-state index contributed by atoms with van der Waals surface area (Å²) < 4.78 is 5.17. The lowest BCUT2D eigenvalue weighted by molar-refractivity contribution is -0.122. The fourth-order valence-electron chi connectivity index (χ4n) is 1.28. The first kappa shape index (κ1) is 14.4. The summed E-state index contributed by atoms with van der Waals surface area (Å²) >= 11 is 0. The molecule has 1 atom stereocenters. The molecule has 0 saturated carbocycles. The van der Waals surface area contributed by atoms with Crippen molar-refractivity contribution in [1.29, 1.82) is 0 Å². The van der Waals surface area contributed by atoms with Crippen molar-refractivity contribution < 1.29 is 9.53 Å². The Bertz CT molecular complexity index is 159. The van der Waals surface area contributed by atoms with Gasteiger partial charge in [0.1, 0.15) is 0 Å². The number of carbonyl (C=O) groups excluding carboxylic acids is 1. The highest BCUT2D eigenvalue weighted by atomic mass is 16.5. The van der Waals surface area contributed by atoms with Crippen molar-refractivity contribution in [1.82, 2.24) is 5.32 Å². The Morgan fingerprint density at radius 2 is 2.20 bits per heavy atom. The molecule has 0 bridgehead atoms. The monoisotopic (exact) mass is 216 g/mol. The van der Waals surface area contributed by atoms with E-state index >= 15 is 0 Å². The Morgan fingerprint density at radius 3 is 2.73 bits per heavy atom. The number of nitrogens with one attached hydrogen (secondary N) is 1. The van der Waals surface area contributed by atoms with E-state index in [0.717, 1.165) is 19.4 Å². The second-order valence-electron chi connectivity index (χ2n) is 3.61. The first-order valence-electron chi connectivity index (χ1n) is 5.79. The molecule has 0 aromatic heterocycles. The van der Waals surface area contributed by atoms with Gasteiger partial charge in [-0.05, 0) is 25.8 Å². The third-order valence-electron chi connectivity index (χ3n) is 2.38. The summed E-state index contributed by atoms with van der Waals surface area (Å²) in [7, 11) is 0. The second kappa shape index (κ2) is 9.93. The van der Waals surface area contributed by atoms with Crippen LogP contribution in [0, 0.1) is 5.92 Å². The van der Waals surface area contributed by atoms with E-state index in [9.17, 15) is 4.79 Å². The van der Waals surface area contributed by atoms with E-state index in [0.29, 0.717) is 32.0 Å². The smallest absolute Gasteiger partial charge is 0.220 e. The molecular formula is C11H24N2O2. The zero-order valence-corrected chi connectivity index (χ0v) is 9.92. The zero-order chi connectivity index (χ0) is 11.5. The predicted octanol–water partition coefficient (Wildman–Crippen LogP) is 0.904. The molecule has 0 aliphatic rings. The van der Waals surface area contributed by atoms with Gasteiger partial charge >= 0.3 is 0 Å². The standard InChI is InChI=1S/C11H24N2O2/c1-3-10(9-12)8-11(14)13-6-5-7-15-4-2/h10H,3-9,12H2,1-2H3,(H,13,14). The highest BCUT2D eigenvalue weighted by Gasteiger charge is 2.09. The van der Waals surface area contributed by atoms with Gasteiger partial charge in [-0.2, -0.15) is 0 Å². The third kappa shape index (κ3) is 8.39. The van der Waals surface area contributed by atoms with Crippen LogP contribution >= 0.6 is 0 Å². The van der Waals surface area contributed by atoms with Gasteiger partial charge in [0.15, 0.2) is 0 Å². The summed E-state index contributed by atoms with van der Waals surface area (Å²) in [5.41, 5.74) is 5.53. The van der Waals surface area contributed by atoms with E-state index in [1.54, 1.807) is 0 Å². The van der Waals surface area contributed by atoms with Gasteiger partial charge in [0.25, 0.3) is 0 Å². The van der Waals surface area contributed by atoms with Crippen molar-refractivity contribution in [3.05, 3.63) is 0 Å². The van der Waals surface area contributed by atoms with Crippen LogP contribution in [0.3, 0.4) is 0 Å². The molecule has 0 heterocycles. The number of rotatable bonds is 9. The van der Waals surface area contributed by atoms with E-state index in [1.165, 1.54) is 0 Å². The molecule has 1 unspecified atom stereocenters. The average molecular weight is 216 g/mol. The fourth-order valence-corrected chi connectivity index (χ4v) is 1.28. The maximum absolute atomic E-state index is 11.4. The summed E-state index contributed by atoms with van der Waals surface area (Å²) in [4.78, 5) is 11.4. The van der Waals surface area contributed by atoms with Gasteiger partial charge in [-0.1, -0.05) is 13.3 Å². The molecule has 3 N–H and O–H groups in total. The van der Waals surface area contributed by atoms with Crippen LogP contribution in [-0.2, 0) is 9.53 Å². The minimum atomic E-state index is 0.101. The molecule has 4 heteroatoms. The normalized spacial score (nSPS) is 12.5. The van der Waals surface area contributed by atoms with Crippen molar-refractivity contribution in [3.63, 3.8) is 0 Å².